The fourth-order valence-electron chi connectivity index (χ4n) is 1.21. The maximum absolute atomic E-state index is 6.03. The molecule has 2 aromatic rings. The van der Waals surface area contributed by atoms with Gasteiger partial charge in [-0.3, -0.25) is 4.98 Å². The zero-order chi connectivity index (χ0) is 9.97. The van der Waals surface area contributed by atoms with Gasteiger partial charge in [0.25, 0.3) is 0 Å². The zero-order valence-electron chi connectivity index (χ0n) is 7.17. The highest BCUT2D eigenvalue weighted by Gasteiger charge is 2.07. The van der Waals surface area contributed by atoms with Crippen LogP contribution >= 0.6 is 23.2 Å². The topological polar surface area (TPSA) is 12.9 Å². The Balaban J connectivity index is 2.63. The number of benzene rings is 1. The van der Waals surface area contributed by atoms with Crippen molar-refractivity contribution in [2.24, 2.45) is 0 Å². The first-order chi connectivity index (χ1) is 6.79. The summed E-state index contributed by atoms with van der Waals surface area (Å²) in [6.07, 6.45) is 1.59. The van der Waals surface area contributed by atoms with Crippen LogP contribution in [0, 0.1) is 6.07 Å². The van der Waals surface area contributed by atoms with E-state index in [0.29, 0.717) is 10.0 Å². The van der Waals surface area contributed by atoms with Crippen LogP contribution in [0.2, 0.25) is 10.0 Å². The molecule has 14 heavy (non-hydrogen) atoms. The van der Waals surface area contributed by atoms with E-state index in [-0.39, 0.29) is 0 Å². The molecule has 3 heteroatoms. The summed E-state index contributed by atoms with van der Waals surface area (Å²) in [6, 6.07) is 11.8. The lowest BCUT2D eigenvalue weighted by Crippen LogP contribution is -1.84. The van der Waals surface area contributed by atoms with Gasteiger partial charge >= 0.3 is 0 Å². The number of halogens is 2. The van der Waals surface area contributed by atoms with Gasteiger partial charge in [-0.15, -0.1) is 0 Å². The lowest BCUT2D eigenvalue weighted by Gasteiger charge is -2.04. The largest absolute Gasteiger partial charge is 0.256 e. The lowest BCUT2D eigenvalue weighted by atomic mass is 10.1. The van der Waals surface area contributed by atoms with Gasteiger partial charge in [0.05, 0.1) is 15.7 Å². The molecular formula is C11H6Cl2N. The molecule has 1 nitrogen and oxygen atoms in total. The highest BCUT2D eigenvalue weighted by atomic mass is 35.5. The van der Waals surface area contributed by atoms with Gasteiger partial charge in [0, 0.05) is 17.8 Å². The smallest absolute Gasteiger partial charge is 0.0732 e. The third-order valence-electron chi connectivity index (χ3n) is 1.83. The average Bonchev–Trinajstić information content (AvgIpc) is 2.19. The molecule has 1 radical (unpaired) electrons. The van der Waals surface area contributed by atoms with Crippen molar-refractivity contribution < 1.29 is 0 Å². The minimum absolute atomic E-state index is 0.608. The number of rotatable bonds is 1. The Morgan fingerprint density at radius 3 is 2.36 bits per heavy atom. The van der Waals surface area contributed by atoms with Crippen LogP contribution < -0.4 is 0 Å². The van der Waals surface area contributed by atoms with Gasteiger partial charge < -0.3 is 0 Å². The zero-order valence-corrected chi connectivity index (χ0v) is 8.68. The molecular weight excluding hydrogens is 217 g/mol. The molecule has 0 atom stereocenters. The van der Waals surface area contributed by atoms with E-state index in [2.05, 4.69) is 11.1 Å². The number of aromatic nitrogens is 1. The summed E-state index contributed by atoms with van der Waals surface area (Å²) in [6.45, 7) is 0. The Morgan fingerprint density at radius 1 is 1.07 bits per heavy atom. The molecule has 0 saturated heterocycles. The molecule has 0 bridgehead atoms. The molecule has 1 aromatic heterocycles. The first kappa shape index (κ1) is 9.50. The van der Waals surface area contributed by atoms with Crippen LogP contribution in [0.15, 0.2) is 36.5 Å². The summed E-state index contributed by atoms with van der Waals surface area (Å²) < 4.78 is 0. The Bertz CT molecular complexity index is 420. The summed E-state index contributed by atoms with van der Waals surface area (Å²) in [7, 11) is 0. The van der Waals surface area contributed by atoms with E-state index >= 15 is 0 Å². The quantitative estimate of drug-likeness (QED) is 0.715. The Morgan fingerprint density at radius 2 is 1.79 bits per heavy atom. The molecule has 0 aliphatic heterocycles. The van der Waals surface area contributed by atoms with E-state index in [9.17, 15) is 0 Å². The van der Waals surface area contributed by atoms with Gasteiger partial charge in [-0.1, -0.05) is 35.3 Å². The summed E-state index contributed by atoms with van der Waals surface area (Å²) in [4.78, 5) is 4.15. The van der Waals surface area contributed by atoms with Crippen molar-refractivity contribution in [3.63, 3.8) is 0 Å². The van der Waals surface area contributed by atoms with Crippen molar-refractivity contribution >= 4 is 23.2 Å². The minimum atomic E-state index is 0.608. The van der Waals surface area contributed by atoms with Crippen LogP contribution in [-0.4, -0.2) is 4.98 Å². The monoisotopic (exact) mass is 222 g/mol. The van der Waals surface area contributed by atoms with Crippen molar-refractivity contribution in [2.45, 2.75) is 0 Å². The number of nitrogens with zero attached hydrogens (tertiary/aromatic N) is 1. The van der Waals surface area contributed by atoms with Gasteiger partial charge in [-0.05, 0) is 18.2 Å². The van der Waals surface area contributed by atoms with Gasteiger partial charge in [0.1, 0.15) is 0 Å². The van der Waals surface area contributed by atoms with Crippen molar-refractivity contribution in [1.82, 2.24) is 4.98 Å². The Kier molecular flexibility index (Phi) is 2.71. The van der Waals surface area contributed by atoms with Crippen LogP contribution in [0.1, 0.15) is 0 Å². The van der Waals surface area contributed by atoms with Gasteiger partial charge in [-0.2, -0.15) is 0 Å². The fraction of sp³-hybridized carbons (Fsp3) is 0. The van der Waals surface area contributed by atoms with Crippen LogP contribution in [0.5, 0.6) is 0 Å². The molecule has 69 valence electrons. The molecule has 1 aromatic carbocycles. The number of pyridine rings is 1. The molecule has 0 aliphatic rings. The van der Waals surface area contributed by atoms with E-state index < -0.39 is 0 Å². The molecule has 2 rings (SSSR count). The third-order valence-corrected chi connectivity index (χ3v) is 2.46. The average molecular weight is 223 g/mol. The molecule has 0 unspecified atom stereocenters. The predicted molar refractivity (Wildman–Crippen MR) is 58.5 cm³/mol. The third kappa shape index (κ3) is 1.74. The van der Waals surface area contributed by atoms with Gasteiger partial charge in [0.15, 0.2) is 0 Å². The van der Waals surface area contributed by atoms with Crippen molar-refractivity contribution in [2.75, 3.05) is 0 Å². The van der Waals surface area contributed by atoms with Crippen LogP contribution in [0.4, 0.5) is 0 Å². The highest BCUT2D eigenvalue weighted by molar-refractivity contribution is 6.39. The standard InChI is InChI=1S/C11H6Cl2N/c12-8-4-3-5-9(13)11(8)10-6-1-2-7-14-10/h1,3-7H. The van der Waals surface area contributed by atoms with Crippen LogP contribution in [0.3, 0.4) is 0 Å². The second-order valence-corrected chi connectivity index (χ2v) is 3.55. The Labute approximate surface area is 92.3 Å². The molecule has 0 spiro atoms. The van der Waals surface area contributed by atoms with Crippen molar-refractivity contribution in [3.05, 3.63) is 52.6 Å². The summed E-state index contributed by atoms with van der Waals surface area (Å²) >= 11 is 12.1. The maximum Gasteiger partial charge on any atom is 0.0732 e. The number of hydrogen-bond acceptors (Lipinski definition) is 1. The molecule has 0 saturated carbocycles. The normalized spacial score (nSPS) is 10.1. The second-order valence-electron chi connectivity index (χ2n) is 2.74. The second kappa shape index (κ2) is 3.99. The summed E-state index contributed by atoms with van der Waals surface area (Å²) in [5.74, 6) is 0. The van der Waals surface area contributed by atoms with E-state index in [1.54, 1.807) is 24.4 Å². The van der Waals surface area contributed by atoms with Gasteiger partial charge in [-0.25, -0.2) is 0 Å². The first-order valence-electron chi connectivity index (χ1n) is 4.05. The molecule has 1 heterocycles. The molecule has 0 N–H and O–H groups in total. The minimum Gasteiger partial charge on any atom is -0.256 e. The van der Waals surface area contributed by atoms with Crippen LogP contribution in [-0.2, 0) is 0 Å². The molecule has 0 amide bonds. The SMILES string of the molecule is Clc1cccc(Cl)c1-c1cc[c]cn1. The number of hydrogen-bond donors (Lipinski definition) is 0. The molecule has 0 aliphatic carbocycles. The Hall–Kier alpha value is -1.05. The van der Waals surface area contributed by atoms with Crippen molar-refractivity contribution in [3.8, 4) is 11.3 Å². The highest BCUT2D eigenvalue weighted by Crippen LogP contribution is 2.32. The van der Waals surface area contributed by atoms with Gasteiger partial charge in [0.2, 0.25) is 0 Å². The van der Waals surface area contributed by atoms with E-state index in [4.69, 9.17) is 23.2 Å². The van der Waals surface area contributed by atoms with E-state index in [1.165, 1.54) is 0 Å². The van der Waals surface area contributed by atoms with E-state index in [1.807, 2.05) is 12.1 Å². The van der Waals surface area contributed by atoms with E-state index in [0.717, 1.165) is 11.3 Å². The first-order valence-corrected chi connectivity index (χ1v) is 4.81. The maximum atomic E-state index is 6.03. The fourth-order valence-corrected chi connectivity index (χ4v) is 1.80. The summed E-state index contributed by atoms with van der Waals surface area (Å²) in [5.41, 5.74) is 1.53. The van der Waals surface area contributed by atoms with Crippen LogP contribution in [0.25, 0.3) is 11.3 Å². The lowest BCUT2D eigenvalue weighted by molar-refractivity contribution is 1.32. The summed E-state index contributed by atoms with van der Waals surface area (Å²) in [5, 5.41) is 1.22. The predicted octanol–water partition coefficient (Wildman–Crippen LogP) is 3.86. The molecule has 0 fully saturated rings. The van der Waals surface area contributed by atoms with Crippen molar-refractivity contribution in [1.29, 1.82) is 0 Å².